The predicted molar refractivity (Wildman–Crippen MR) is 142 cm³/mol. The monoisotopic (exact) mass is 540 g/mol. The van der Waals surface area contributed by atoms with Crippen LogP contribution in [0.25, 0.3) is 0 Å². The summed E-state index contributed by atoms with van der Waals surface area (Å²) in [6.07, 6.45) is 1.27. The lowest BCUT2D eigenvalue weighted by Crippen LogP contribution is -2.46. The van der Waals surface area contributed by atoms with Gasteiger partial charge in [0.2, 0.25) is 15.9 Å². The van der Waals surface area contributed by atoms with E-state index in [2.05, 4.69) is 25.2 Å². The Morgan fingerprint density at radius 3 is 2.51 bits per heavy atom. The zero-order valence-corrected chi connectivity index (χ0v) is 23.2. The summed E-state index contributed by atoms with van der Waals surface area (Å²) in [5, 5.41) is 3.88. The molecule has 2 aromatic carbocycles. The van der Waals surface area contributed by atoms with Crippen LogP contribution < -0.4 is 10.1 Å². The molecule has 0 aromatic heterocycles. The van der Waals surface area contributed by atoms with Crippen molar-refractivity contribution in [2.24, 2.45) is 5.92 Å². The van der Waals surface area contributed by atoms with Gasteiger partial charge in [-0.1, -0.05) is 43.1 Å². The van der Waals surface area contributed by atoms with Gasteiger partial charge in [-0.2, -0.15) is 0 Å². The summed E-state index contributed by atoms with van der Waals surface area (Å²) in [6, 6.07) is 8.67. The molecule has 9 heteroatoms. The van der Waals surface area contributed by atoms with E-state index in [1.54, 1.807) is 19.2 Å². The van der Waals surface area contributed by atoms with Crippen molar-refractivity contribution in [3.63, 3.8) is 0 Å². The van der Waals surface area contributed by atoms with Gasteiger partial charge in [0.1, 0.15) is 5.75 Å². The van der Waals surface area contributed by atoms with Crippen molar-refractivity contribution < 1.29 is 17.9 Å². The molecule has 2 aromatic rings. The normalized spacial score (nSPS) is 17.9. The van der Waals surface area contributed by atoms with Crippen LogP contribution in [-0.2, 0) is 20.6 Å². The van der Waals surface area contributed by atoms with Gasteiger partial charge in [0.25, 0.3) is 0 Å². The molecule has 1 amide bonds. The molecule has 0 bridgehead atoms. The van der Waals surface area contributed by atoms with Crippen molar-refractivity contribution in [1.29, 1.82) is 0 Å². The van der Waals surface area contributed by atoms with Crippen LogP contribution in [0.3, 0.4) is 0 Å². The Bertz CT molecular complexity index is 1180. The van der Waals surface area contributed by atoms with Crippen molar-refractivity contribution >= 4 is 39.1 Å². The van der Waals surface area contributed by atoms with E-state index in [1.165, 1.54) is 10.4 Å². The van der Waals surface area contributed by atoms with Crippen molar-refractivity contribution in [2.75, 3.05) is 20.2 Å². The SMILES string of the molecule is COc1cc(C)c([C@H](C)NC(=O)[C@H]2CCCN(S(=O)(=O)Cc3ccc(Cl)cc3Cl)C2)cc1C(C)C. The Morgan fingerprint density at radius 2 is 1.89 bits per heavy atom. The van der Waals surface area contributed by atoms with Crippen LogP contribution in [0.2, 0.25) is 10.0 Å². The zero-order valence-electron chi connectivity index (χ0n) is 20.9. The second-order valence-corrected chi connectivity index (χ2v) is 12.3. The number of halogens is 2. The highest BCUT2D eigenvalue weighted by Crippen LogP contribution is 2.32. The topological polar surface area (TPSA) is 75.7 Å². The smallest absolute Gasteiger partial charge is 0.224 e. The fourth-order valence-electron chi connectivity index (χ4n) is 4.55. The van der Waals surface area contributed by atoms with Gasteiger partial charge in [-0.3, -0.25) is 4.79 Å². The molecule has 1 aliphatic heterocycles. The molecule has 35 heavy (non-hydrogen) atoms. The second kappa shape index (κ2) is 11.5. The predicted octanol–water partition coefficient (Wildman–Crippen LogP) is 5.85. The molecule has 1 heterocycles. The fraction of sp³-hybridized carbons (Fsp3) is 0.500. The van der Waals surface area contributed by atoms with Crippen LogP contribution in [0, 0.1) is 12.8 Å². The summed E-state index contributed by atoms with van der Waals surface area (Å²) in [6.45, 7) is 8.72. The van der Waals surface area contributed by atoms with Gasteiger partial charge in [0.15, 0.2) is 0 Å². The first-order valence-corrected chi connectivity index (χ1v) is 14.2. The van der Waals surface area contributed by atoms with E-state index in [9.17, 15) is 13.2 Å². The molecule has 1 fully saturated rings. The van der Waals surface area contributed by atoms with Gasteiger partial charge in [-0.25, -0.2) is 12.7 Å². The summed E-state index contributed by atoms with van der Waals surface area (Å²) in [5.41, 5.74) is 3.64. The maximum Gasteiger partial charge on any atom is 0.224 e. The molecule has 0 radical (unpaired) electrons. The number of methoxy groups -OCH3 is 1. The Balaban J connectivity index is 1.71. The second-order valence-electron chi connectivity index (χ2n) is 9.52. The minimum Gasteiger partial charge on any atom is -0.496 e. The minimum absolute atomic E-state index is 0.136. The molecule has 1 N–H and O–H groups in total. The van der Waals surface area contributed by atoms with E-state index >= 15 is 0 Å². The molecule has 1 aliphatic rings. The number of nitrogens with one attached hydrogen (secondary N) is 1. The Morgan fingerprint density at radius 1 is 1.17 bits per heavy atom. The van der Waals surface area contributed by atoms with Gasteiger partial charge in [-0.15, -0.1) is 0 Å². The van der Waals surface area contributed by atoms with Crippen molar-refractivity contribution in [3.8, 4) is 5.75 Å². The maximum atomic E-state index is 13.2. The molecule has 0 spiro atoms. The number of benzene rings is 2. The fourth-order valence-corrected chi connectivity index (χ4v) is 6.75. The third-order valence-corrected chi connectivity index (χ3v) is 8.95. The average Bonchev–Trinajstić information content (AvgIpc) is 2.80. The molecule has 192 valence electrons. The summed E-state index contributed by atoms with van der Waals surface area (Å²) < 4.78 is 33.1. The van der Waals surface area contributed by atoms with Gasteiger partial charge in [-0.05, 0) is 79.1 Å². The average molecular weight is 542 g/mol. The first-order valence-electron chi connectivity index (χ1n) is 11.8. The van der Waals surface area contributed by atoms with Gasteiger partial charge in [0.05, 0.1) is 24.8 Å². The van der Waals surface area contributed by atoms with E-state index in [1.807, 2.05) is 19.9 Å². The molecule has 3 rings (SSSR count). The first kappa shape index (κ1) is 27.8. The van der Waals surface area contributed by atoms with E-state index in [0.717, 1.165) is 22.4 Å². The van der Waals surface area contributed by atoms with Crippen LogP contribution in [0.1, 0.15) is 67.8 Å². The number of hydrogen-bond donors (Lipinski definition) is 1. The lowest BCUT2D eigenvalue weighted by atomic mass is 9.92. The number of ether oxygens (including phenoxy) is 1. The number of carbonyl (C=O) groups excluding carboxylic acids is 1. The molecule has 0 aliphatic carbocycles. The summed E-state index contributed by atoms with van der Waals surface area (Å²) in [5.74, 6) is 0.344. The van der Waals surface area contributed by atoms with Crippen LogP contribution >= 0.6 is 23.2 Å². The summed E-state index contributed by atoms with van der Waals surface area (Å²) in [7, 11) is -1.97. The number of aryl methyl sites for hydroxylation is 1. The number of rotatable bonds is 8. The van der Waals surface area contributed by atoms with Crippen molar-refractivity contribution in [1.82, 2.24) is 9.62 Å². The molecule has 6 nitrogen and oxygen atoms in total. The van der Waals surface area contributed by atoms with E-state index in [4.69, 9.17) is 27.9 Å². The van der Waals surface area contributed by atoms with Gasteiger partial charge < -0.3 is 10.1 Å². The highest BCUT2D eigenvalue weighted by atomic mass is 35.5. The minimum atomic E-state index is -3.64. The number of carbonyl (C=O) groups is 1. The Labute approximate surface area is 219 Å². The molecule has 0 unspecified atom stereocenters. The summed E-state index contributed by atoms with van der Waals surface area (Å²) in [4.78, 5) is 13.2. The highest BCUT2D eigenvalue weighted by Gasteiger charge is 2.33. The van der Waals surface area contributed by atoms with Crippen LogP contribution in [0.15, 0.2) is 30.3 Å². The number of piperidine rings is 1. The largest absolute Gasteiger partial charge is 0.496 e. The standard InChI is InChI=1S/C26H34Cl2N2O4S/c1-16(2)22-13-23(17(3)11-25(22)34-5)18(4)29-26(31)19-7-6-10-30(14-19)35(32,33)15-20-8-9-21(27)12-24(20)28/h8-9,11-13,16,18-19H,6-7,10,14-15H2,1-5H3,(H,29,31)/t18-,19-/m0/s1. The lowest BCUT2D eigenvalue weighted by Gasteiger charge is -2.32. The summed E-state index contributed by atoms with van der Waals surface area (Å²) >= 11 is 12.1. The van der Waals surface area contributed by atoms with Crippen molar-refractivity contribution in [2.45, 2.75) is 58.2 Å². The third-order valence-electron chi connectivity index (χ3n) is 6.57. The van der Waals surface area contributed by atoms with Gasteiger partial charge in [0, 0.05) is 23.1 Å². The lowest BCUT2D eigenvalue weighted by molar-refractivity contribution is -0.126. The molecule has 1 saturated heterocycles. The van der Waals surface area contributed by atoms with Crippen LogP contribution in [0.5, 0.6) is 5.75 Å². The molecule has 0 saturated carbocycles. The number of amides is 1. The van der Waals surface area contributed by atoms with Crippen molar-refractivity contribution in [3.05, 3.63) is 62.6 Å². The quantitative estimate of drug-likeness (QED) is 0.455. The third kappa shape index (κ3) is 6.70. The molecule has 2 atom stereocenters. The van der Waals surface area contributed by atoms with Crippen LogP contribution in [0.4, 0.5) is 0 Å². The first-order chi connectivity index (χ1) is 16.4. The number of hydrogen-bond acceptors (Lipinski definition) is 4. The Hall–Kier alpha value is -1.80. The Kier molecular flexibility index (Phi) is 9.13. The van der Waals surface area contributed by atoms with E-state index < -0.39 is 15.9 Å². The van der Waals surface area contributed by atoms with Gasteiger partial charge >= 0.3 is 0 Å². The van der Waals surface area contributed by atoms with E-state index in [0.29, 0.717) is 35.0 Å². The van der Waals surface area contributed by atoms with Crippen LogP contribution in [-0.4, -0.2) is 38.8 Å². The molecular formula is C26H34Cl2N2O4S. The maximum absolute atomic E-state index is 13.2. The van der Waals surface area contributed by atoms with E-state index in [-0.39, 0.29) is 30.2 Å². The number of nitrogens with zero attached hydrogens (tertiary/aromatic N) is 1. The zero-order chi connectivity index (χ0) is 25.9. The molecular weight excluding hydrogens is 507 g/mol. The number of sulfonamides is 1. The highest BCUT2D eigenvalue weighted by molar-refractivity contribution is 7.88.